The fourth-order valence-electron chi connectivity index (χ4n) is 3.09. The van der Waals surface area contributed by atoms with Gasteiger partial charge in [0.25, 0.3) is 0 Å². The molecule has 0 aliphatic heterocycles. The summed E-state index contributed by atoms with van der Waals surface area (Å²) in [6, 6.07) is 17.2. The highest BCUT2D eigenvalue weighted by atomic mass is 16.6. The topological polar surface area (TPSA) is 90.9 Å². The van der Waals surface area contributed by atoms with Crippen LogP contribution in [0, 0.1) is 0 Å². The van der Waals surface area contributed by atoms with Crippen LogP contribution < -0.4 is 10.1 Å². The van der Waals surface area contributed by atoms with Gasteiger partial charge in [0.1, 0.15) is 12.4 Å². The van der Waals surface area contributed by atoms with E-state index >= 15 is 0 Å². The largest absolute Gasteiger partial charge is 0.489 e. The monoisotopic (exact) mass is 427 g/mol. The van der Waals surface area contributed by atoms with Crippen LogP contribution in [0.2, 0.25) is 0 Å². The minimum absolute atomic E-state index is 0.00840. The molecular formula is C24H29NO6. The predicted octanol–water partition coefficient (Wildman–Crippen LogP) is 3.20. The average molecular weight is 427 g/mol. The van der Waals surface area contributed by atoms with E-state index in [1.165, 1.54) is 6.92 Å². The molecule has 166 valence electrons. The van der Waals surface area contributed by atoms with Gasteiger partial charge >= 0.3 is 11.9 Å². The molecule has 0 radical (unpaired) electrons. The summed E-state index contributed by atoms with van der Waals surface area (Å²) in [5.74, 6) is -1.47. The number of benzene rings is 2. The van der Waals surface area contributed by atoms with E-state index in [2.05, 4.69) is 5.32 Å². The number of hydrogen-bond acceptors (Lipinski definition) is 6. The van der Waals surface area contributed by atoms with Crippen molar-refractivity contribution in [3.63, 3.8) is 0 Å². The Balaban J connectivity index is 2.11. The van der Waals surface area contributed by atoms with Gasteiger partial charge in [-0.1, -0.05) is 42.5 Å². The zero-order chi connectivity index (χ0) is 22.7. The first kappa shape index (κ1) is 23.9. The minimum atomic E-state index is -1.89. The normalized spacial score (nSPS) is 10.8. The van der Waals surface area contributed by atoms with Gasteiger partial charge in [-0.2, -0.15) is 0 Å². The number of hydrogen-bond donors (Lipinski definition) is 1. The molecule has 0 aromatic heterocycles. The van der Waals surface area contributed by atoms with Crippen molar-refractivity contribution in [3.05, 3.63) is 65.7 Å². The van der Waals surface area contributed by atoms with Crippen LogP contribution in [0.1, 0.15) is 38.3 Å². The molecule has 2 aromatic rings. The van der Waals surface area contributed by atoms with Crippen molar-refractivity contribution in [2.24, 2.45) is 0 Å². The van der Waals surface area contributed by atoms with Gasteiger partial charge in [-0.3, -0.25) is 4.79 Å². The highest BCUT2D eigenvalue weighted by Gasteiger charge is 2.49. The van der Waals surface area contributed by atoms with Gasteiger partial charge in [0.05, 0.1) is 13.2 Å². The van der Waals surface area contributed by atoms with Gasteiger partial charge < -0.3 is 19.5 Å². The molecule has 31 heavy (non-hydrogen) atoms. The number of amides is 1. The predicted molar refractivity (Wildman–Crippen MR) is 115 cm³/mol. The van der Waals surface area contributed by atoms with E-state index in [9.17, 15) is 14.4 Å². The van der Waals surface area contributed by atoms with Gasteiger partial charge in [0.2, 0.25) is 11.4 Å². The van der Waals surface area contributed by atoms with Crippen molar-refractivity contribution in [1.82, 2.24) is 5.32 Å². The Bertz CT molecular complexity index is 845. The SMILES string of the molecule is CCOC(=O)C(CCc1ccc(OCc2ccccc2)cc1)(NC(C)=O)C(=O)OCC. The molecule has 0 bridgehead atoms. The number of esters is 2. The Hall–Kier alpha value is -3.35. The number of nitrogens with one attached hydrogen (secondary N) is 1. The fraction of sp³-hybridized carbons (Fsp3) is 0.375. The Labute approximate surface area is 182 Å². The third kappa shape index (κ3) is 6.84. The standard InChI is InChI=1S/C24H29NO6/c1-4-29-22(27)24(25-18(3)26,23(28)30-5-2)16-15-19-11-13-21(14-12-19)31-17-20-9-7-6-8-10-20/h6-14H,4-5,15-17H2,1-3H3,(H,25,26). The summed E-state index contributed by atoms with van der Waals surface area (Å²) in [4.78, 5) is 37.1. The highest BCUT2D eigenvalue weighted by molar-refractivity contribution is 6.07. The van der Waals surface area contributed by atoms with E-state index < -0.39 is 23.4 Å². The van der Waals surface area contributed by atoms with Crippen LogP contribution in [-0.4, -0.2) is 36.6 Å². The average Bonchev–Trinajstić information content (AvgIpc) is 2.76. The van der Waals surface area contributed by atoms with Gasteiger partial charge in [-0.05, 0) is 49.9 Å². The molecular weight excluding hydrogens is 398 g/mol. The Morgan fingerprint density at radius 1 is 0.839 bits per heavy atom. The van der Waals surface area contributed by atoms with Crippen LogP contribution in [0.15, 0.2) is 54.6 Å². The van der Waals surface area contributed by atoms with E-state index in [0.717, 1.165) is 11.1 Å². The van der Waals surface area contributed by atoms with E-state index in [-0.39, 0.29) is 19.6 Å². The molecule has 0 atom stereocenters. The van der Waals surface area contributed by atoms with Crippen molar-refractivity contribution in [3.8, 4) is 5.75 Å². The van der Waals surface area contributed by atoms with Gasteiger partial charge in [-0.15, -0.1) is 0 Å². The van der Waals surface area contributed by atoms with E-state index in [1.54, 1.807) is 13.8 Å². The van der Waals surface area contributed by atoms with Crippen LogP contribution in [0.5, 0.6) is 5.75 Å². The molecule has 7 heteroatoms. The molecule has 0 unspecified atom stereocenters. The number of aryl methyl sites for hydroxylation is 1. The molecule has 0 saturated heterocycles. The van der Waals surface area contributed by atoms with Crippen molar-refractivity contribution in [2.45, 2.75) is 45.8 Å². The van der Waals surface area contributed by atoms with Crippen LogP contribution in [0.3, 0.4) is 0 Å². The van der Waals surface area contributed by atoms with Crippen molar-refractivity contribution in [2.75, 3.05) is 13.2 Å². The third-order valence-electron chi connectivity index (χ3n) is 4.60. The van der Waals surface area contributed by atoms with Crippen LogP contribution >= 0.6 is 0 Å². The maximum absolute atomic E-state index is 12.7. The summed E-state index contributed by atoms with van der Waals surface area (Å²) in [6.45, 7) is 5.12. The summed E-state index contributed by atoms with van der Waals surface area (Å²) in [5.41, 5.74) is 0.0475. The highest BCUT2D eigenvalue weighted by Crippen LogP contribution is 2.21. The maximum Gasteiger partial charge on any atom is 0.343 e. The maximum atomic E-state index is 12.7. The Morgan fingerprint density at radius 3 is 1.94 bits per heavy atom. The van der Waals surface area contributed by atoms with Crippen LogP contribution in [0.25, 0.3) is 0 Å². The van der Waals surface area contributed by atoms with Gasteiger partial charge in [0.15, 0.2) is 0 Å². The first-order chi connectivity index (χ1) is 14.9. The molecule has 0 spiro atoms. The molecule has 0 fully saturated rings. The van der Waals surface area contributed by atoms with Gasteiger partial charge in [-0.25, -0.2) is 9.59 Å². The molecule has 1 N–H and O–H groups in total. The lowest BCUT2D eigenvalue weighted by Gasteiger charge is -2.29. The Morgan fingerprint density at radius 2 is 1.42 bits per heavy atom. The van der Waals surface area contributed by atoms with Crippen LogP contribution in [0.4, 0.5) is 0 Å². The van der Waals surface area contributed by atoms with E-state index in [1.807, 2.05) is 54.6 Å². The molecule has 0 aliphatic carbocycles. The molecule has 0 aliphatic rings. The summed E-state index contributed by atoms with van der Waals surface area (Å²) in [5, 5.41) is 2.47. The second-order valence-electron chi connectivity index (χ2n) is 6.95. The number of carbonyl (C=O) groups excluding carboxylic acids is 3. The first-order valence-corrected chi connectivity index (χ1v) is 10.3. The lowest BCUT2D eigenvalue weighted by molar-refractivity contribution is -0.168. The second-order valence-corrected chi connectivity index (χ2v) is 6.95. The number of ether oxygens (including phenoxy) is 3. The van der Waals surface area contributed by atoms with Crippen LogP contribution in [-0.2, 0) is 36.9 Å². The summed E-state index contributed by atoms with van der Waals surface area (Å²) >= 11 is 0. The quantitative estimate of drug-likeness (QED) is 0.437. The summed E-state index contributed by atoms with van der Waals surface area (Å²) in [7, 11) is 0. The molecule has 0 saturated carbocycles. The lowest BCUT2D eigenvalue weighted by Crippen LogP contribution is -2.61. The Kier molecular flexibility index (Phi) is 9.06. The minimum Gasteiger partial charge on any atom is -0.489 e. The summed E-state index contributed by atoms with van der Waals surface area (Å²) < 4.78 is 15.9. The number of rotatable bonds is 11. The molecule has 0 heterocycles. The van der Waals surface area contributed by atoms with Crippen molar-refractivity contribution in [1.29, 1.82) is 0 Å². The molecule has 2 aromatic carbocycles. The summed E-state index contributed by atoms with van der Waals surface area (Å²) in [6.07, 6.45) is 0.353. The zero-order valence-corrected chi connectivity index (χ0v) is 18.2. The molecule has 7 nitrogen and oxygen atoms in total. The first-order valence-electron chi connectivity index (χ1n) is 10.3. The van der Waals surface area contributed by atoms with Crippen molar-refractivity contribution < 1.29 is 28.6 Å². The van der Waals surface area contributed by atoms with E-state index in [0.29, 0.717) is 18.8 Å². The smallest absolute Gasteiger partial charge is 0.343 e. The second kappa shape index (κ2) is 11.7. The number of carbonyl (C=O) groups is 3. The fourth-order valence-corrected chi connectivity index (χ4v) is 3.09. The van der Waals surface area contributed by atoms with Crippen molar-refractivity contribution >= 4 is 17.8 Å². The molecule has 1 amide bonds. The zero-order valence-electron chi connectivity index (χ0n) is 18.2. The van der Waals surface area contributed by atoms with E-state index in [4.69, 9.17) is 14.2 Å². The lowest BCUT2D eigenvalue weighted by atomic mass is 9.90. The third-order valence-corrected chi connectivity index (χ3v) is 4.60. The van der Waals surface area contributed by atoms with Gasteiger partial charge in [0, 0.05) is 6.92 Å². The molecule has 2 rings (SSSR count).